The number of Topliss-reactive ketones (excluding diaryl/α,β-unsaturated/α-hetero) is 1. The van der Waals surface area contributed by atoms with Gasteiger partial charge in [0.15, 0.2) is 28.8 Å². The summed E-state index contributed by atoms with van der Waals surface area (Å²) in [5.74, 6) is 0.713. The monoisotopic (exact) mass is 476 g/mol. The highest BCUT2D eigenvalue weighted by molar-refractivity contribution is 6.26. The molecule has 1 aliphatic heterocycles. The lowest BCUT2D eigenvalue weighted by Crippen LogP contribution is -2.14. The number of carbonyl (C=O) groups is 2. The molecule has 0 radical (unpaired) electrons. The fraction of sp³-hybridized carbons (Fsp3) is 0.185. The van der Waals surface area contributed by atoms with Crippen LogP contribution in [0.4, 0.5) is 0 Å². The lowest BCUT2D eigenvalue weighted by molar-refractivity contribution is -0.130. The summed E-state index contributed by atoms with van der Waals surface area (Å²) in [6, 6.07) is 16.5. The quantitative estimate of drug-likeness (QED) is 0.358. The third kappa shape index (κ3) is 4.77. The van der Waals surface area contributed by atoms with Crippen molar-refractivity contribution in [1.29, 1.82) is 0 Å². The fourth-order valence-corrected chi connectivity index (χ4v) is 3.96. The molecule has 0 bridgehead atoms. The van der Waals surface area contributed by atoms with Gasteiger partial charge in [0.25, 0.3) is 0 Å². The summed E-state index contributed by atoms with van der Waals surface area (Å²) in [5.41, 5.74) is 1.17. The summed E-state index contributed by atoms with van der Waals surface area (Å²) < 4.78 is 26.9. The summed E-state index contributed by atoms with van der Waals surface area (Å²) in [6.07, 6.45) is -0.0126. The molecule has 0 spiro atoms. The zero-order valence-electron chi connectivity index (χ0n) is 19.5. The molecule has 1 N–H and O–H groups in total. The minimum Gasteiger partial charge on any atom is -0.497 e. The van der Waals surface area contributed by atoms with Gasteiger partial charge in [-0.05, 0) is 48.0 Å². The molecule has 8 heteroatoms. The summed E-state index contributed by atoms with van der Waals surface area (Å²) in [5, 5.41) is 10.3. The van der Waals surface area contributed by atoms with E-state index in [4.69, 9.17) is 23.7 Å². The number of hydrogen-bond acceptors (Lipinski definition) is 7. The number of fused-ring (bicyclic) bond motifs is 1. The van der Waals surface area contributed by atoms with Crippen LogP contribution in [0.2, 0.25) is 0 Å². The second kappa shape index (κ2) is 10.2. The number of aliphatic carboxylic acids is 1. The van der Waals surface area contributed by atoms with E-state index in [1.165, 1.54) is 21.3 Å². The number of hydrogen-bond donors (Lipinski definition) is 1. The van der Waals surface area contributed by atoms with E-state index in [2.05, 4.69) is 0 Å². The van der Waals surface area contributed by atoms with Gasteiger partial charge < -0.3 is 28.8 Å². The van der Waals surface area contributed by atoms with E-state index in [1.807, 2.05) is 0 Å². The van der Waals surface area contributed by atoms with E-state index in [0.717, 1.165) is 0 Å². The van der Waals surface area contributed by atoms with Crippen molar-refractivity contribution in [2.75, 3.05) is 28.1 Å². The Hall–Kier alpha value is -4.46. The van der Waals surface area contributed by atoms with Crippen LogP contribution >= 0.6 is 0 Å². The Morgan fingerprint density at radius 3 is 2.23 bits per heavy atom. The number of ketones is 1. The molecular weight excluding hydrogens is 452 g/mol. The molecule has 0 amide bonds. The second-order valence-corrected chi connectivity index (χ2v) is 7.61. The van der Waals surface area contributed by atoms with Crippen molar-refractivity contribution in [2.45, 2.75) is 6.42 Å². The molecule has 0 fully saturated rings. The molecule has 8 nitrogen and oxygen atoms in total. The van der Waals surface area contributed by atoms with Gasteiger partial charge in [0, 0.05) is 23.1 Å². The molecule has 0 unspecified atom stereocenters. The molecule has 35 heavy (non-hydrogen) atoms. The summed E-state index contributed by atoms with van der Waals surface area (Å²) in [6.45, 7) is 0.0452. The molecular formula is C27H24O8. The number of methoxy groups -OCH3 is 3. The Morgan fingerprint density at radius 2 is 1.57 bits per heavy atom. The van der Waals surface area contributed by atoms with Gasteiger partial charge in [-0.2, -0.15) is 0 Å². The Bertz CT molecular complexity index is 1290. The zero-order valence-corrected chi connectivity index (χ0v) is 19.5. The topological polar surface area (TPSA) is 101 Å². The molecule has 0 saturated heterocycles. The number of carboxylic acid groups (broad SMARTS) is 1. The SMILES string of the molecule is COc1ccc(C(=O)/C(Cc2cccc(OC)c2OC)=C(\C(=O)O)c2ccc3c(c2)OCO3)cc1. The maximum absolute atomic E-state index is 13.8. The van der Waals surface area contributed by atoms with Crippen LogP contribution in [0.15, 0.2) is 66.2 Å². The van der Waals surface area contributed by atoms with Crippen molar-refractivity contribution in [2.24, 2.45) is 0 Å². The second-order valence-electron chi connectivity index (χ2n) is 7.61. The number of carbonyl (C=O) groups excluding carboxylic acids is 1. The van der Waals surface area contributed by atoms with Crippen molar-refractivity contribution >= 4 is 17.3 Å². The van der Waals surface area contributed by atoms with E-state index < -0.39 is 11.8 Å². The summed E-state index contributed by atoms with van der Waals surface area (Å²) >= 11 is 0. The highest BCUT2D eigenvalue weighted by Crippen LogP contribution is 2.38. The smallest absolute Gasteiger partial charge is 0.336 e. The maximum atomic E-state index is 13.8. The number of allylic oxidation sites excluding steroid dienone is 1. The average molecular weight is 476 g/mol. The number of benzene rings is 3. The summed E-state index contributed by atoms with van der Waals surface area (Å²) in [7, 11) is 4.53. The van der Waals surface area contributed by atoms with Crippen LogP contribution in [0.3, 0.4) is 0 Å². The van der Waals surface area contributed by atoms with Crippen molar-refractivity contribution in [3.63, 3.8) is 0 Å². The third-order valence-corrected chi connectivity index (χ3v) is 5.65. The highest BCUT2D eigenvalue weighted by Gasteiger charge is 2.27. The van der Waals surface area contributed by atoms with E-state index in [1.54, 1.807) is 60.7 Å². The molecule has 3 aromatic carbocycles. The van der Waals surface area contributed by atoms with Gasteiger partial charge in [0.1, 0.15) is 5.75 Å². The van der Waals surface area contributed by atoms with E-state index in [9.17, 15) is 14.7 Å². The number of ether oxygens (including phenoxy) is 5. The number of carboxylic acids is 1. The Morgan fingerprint density at radius 1 is 0.857 bits per heavy atom. The van der Waals surface area contributed by atoms with Crippen molar-refractivity contribution < 1.29 is 38.4 Å². The van der Waals surface area contributed by atoms with E-state index >= 15 is 0 Å². The van der Waals surface area contributed by atoms with Crippen molar-refractivity contribution in [3.8, 4) is 28.7 Å². The van der Waals surface area contributed by atoms with Crippen LogP contribution in [0.25, 0.3) is 5.57 Å². The van der Waals surface area contributed by atoms with Gasteiger partial charge in [-0.15, -0.1) is 0 Å². The van der Waals surface area contributed by atoms with Crippen LogP contribution in [-0.4, -0.2) is 45.0 Å². The van der Waals surface area contributed by atoms with Crippen LogP contribution in [0.5, 0.6) is 28.7 Å². The first-order valence-corrected chi connectivity index (χ1v) is 10.7. The van der Waals surface area contributed by atoms with Crippen LogP contribution < -0.4 is 23.7 Å². The van der Waals surface area contributed by atoms with Crippen LogP contribution in [0, 0.1) is 0 Å². The first-order valence-electron chi connectivity index (χ1n) is 10.7. The van der Waals surface area contributed by atoms with Gasteiger partial charge in [0.2, 0.25) is 6.79 Å². The predicted molar refractivity (Wildman–Crippen MR) is 128 cm³/mol. The average Bonchev–Trinajstić information content (AvgIpc) is 3.35. The summed E-state index contributed by atoms with van der Waals surface area (Å²) in [4.78, 5) is 26.4. The van der Waals surface area contributed by atoms with Crippen molar-refractivity contribution in [1.82, 2.24) is 0 Å². The molecule has 3 aromatic rings. The first-order chi connectivity index (χ1) is 17.0. The predicted octanol–water partition coefficient (Wildman–Crippen LogP) is 4.40. The number of para-hydroxylation sites is 1. The molecule has 4 rings (SSSR count). The Labute approximate surface area is 202 Å². The van der Waals surface area contributed by atoms with Crippen molar-refractivity contribution in [3.05, 3.63) is 82.9 Å². The maximum Gasteiger partial charge on any atom is 0.336 e. The van der Waals surface area contributed by atoms with E-state index in [-0.39, 0.29) is 24.4 Å². The molecule has 0 aliphatic carbocycles. The molecule has 180 valence electrons. The first kappa shape index (κ1) is 23.7. The standard InChI is InChI=1S/C27H24O8/c1-31-19-10-7-16(8-11-19)25(28)20(13-18-5-4-6-22(32-2)26(18)33-3)24(27(29)30)17-9-12-21-23(14-17)35-15-34-21/h4-12,14H,13,15H2,1-3H3,(H,29,30)/b24-20-. The van der Waals surface area contributed by atoms with Gasteiger partial charge >= 0.3 is 5.97 Å². The zero-order chi connectivity index (χ0) is 24.9. The number of rotatable bonds is 9. The van der Waals surface area contributed by atoms with Gasteiger partial charge in [-0.1, -0.05) is 18.2 Å². The minimum absolute atomic E-state index is 0.0126. The molecule has 0 saturated carbocycles. The highest BCUT2D eigenvalue weighted by atomic mass is 16.7. The molecule has 1 aliphatic rings. The molecule has 1 heterocycles. The normalized spacial score (nSPS) is 12.5. The van der Waals surface area contributed by atoms with Crippen LogP contribution in [-0.2, 0) is 11.2 Å². The third-order valence-electron chi connectivity index (χ3n) is 5.65. The van der Waals surface area contributed by atoms with Gasteiger partial charge in [-0.3, -0.25) is 4.79 Å². The largest absolute Gasteiger partial charge is 0.497 e. The lowest BCUT2D eigenvalue weighted by Gasteiger charge is -2.17. The minimum atomic E-state index is -1.25. The van der Waals surface area contributed by atoms with Crippen LogP contribution in [0.1, 0.15) is 21.5 Å². The fourth-order valence-electron chi connectivity index (χ4n) is 3.96. The Balaban J connectivity index is 1.91. The molecule has 0 aromatic heterocycles. The van der Waals surface area contributed by atoms with E-state index in [0.29, 0.717) is 45.4 Å². The lowest BCUT2D eigenvalue weighted by atomic mass is 9.89. The van der Waals surface area contributed by atoms with Gasteiger partial charge in [-0.25, -0.2) is 4.79 Å². The Kier molecular flexibility index (Phi) is 6.91. The molecule has 0 atom stereocenters. The van der Waals surface area contributed by atoms with Gasteiger partial charge in [0.05, 0.1) is 26.9 Å².